The van der Waals surface area contributed by atoms with E-state index in [0.717, 1.165) is 23.0 Å². The lowest BCUT2D eigenvalue weighted by atomic mass is 10.2. The van der Waals surface area contributed by atoms with Crippen LogP contribution >= 0.6 is 15.9 Å². The standard InChI is InChI=1S/C23H26BrN5O3/c1-4-5-6-22-27-19-10-8-16(24)11-18(19)23(31)29(22)26-13-15-7-9-17(28(2)3)12-20(15)32-14-21(25)30/h7-13H,4-6,14H2,1-3H3,(H2,25,30). The minimum atomic E-state index is -0.578. The summed E-state index contributed by atoms with van der Waals surface area (Å²) >= 11 is 3.41. The van der Waals surface area contributed by atoms with Crippen LogP contribution < -0.4 is 20.9 Å². The van der Waals surface area contributed by atoms with Crippen LogP contribution in [0, 0.1) is 0 Å². The van der Waals surface area contributed by atoms with Gasteiger partial charge in [-0.2, -0.15) is 9.78 Å². The number of aryl methyl sites for hydroxylation is 1. The third-order valence-corrected chi connectivity index (χ3v) is 5.32. The van der Waals surface area contributed by atoms with E-state index >= 15 is 0 Å². The van der Waals surface area contributed by atoms with Crippen molar-refractivity contribution in [3.63, 3.8) is 0 Å². The fourth-order valence-electron chi connectivity index (χ4n) is 3.11. The molecule has 0 unspecified atom stereocenters. The number of nitrogens with zero attached hydrogens (tertiary/aromatic N) is 4. The van der Waals surface area contributed by atoms with Crippen molar-refractivity contribution in [3.8, 4) is 5.75 Å². The third kappa shape index (κ3) is 5.53. The first kappa shape index (κ1) is 23.5. The van der Waals surface area contributed by atoms with Crippen molar-refractivity contribution in [3.05, 3.63) is 62.6 Å². The summed E-state index contributed by atoms with van der Waals surface area (Å²) in [5.41, 5.74) is 7.13. The molecule has 0 saturated heterocycles. The Bertz CT molecular complexity index is 1220. The zero-order valence-electron chi connectivity index (χ0n) is 18.3. The van der Waals surface area contributed by atoms with Gasteiger partial charge in [-0.25, -0.2) is 4.98 Å². The number of unbranched alkanes of at least 4 members (excludes halogenated alkanes) is 1. The molecule has 9 heteroatoms. The van der Waals surface area contributed by atoms with Gasteiger partial charge in [0.15, 0.2) is 6.61 Å². The van der Waals surface area contributed by atoms with E-state index in [1.54, 1.807) is 12.1 Å². The number of aromatic nitrogens is 2. The number of primary amides is 1. The van der Waals surface area contributed by atoms with Gasteiger partial charge in [-0.1, -0.05) is 29.3 Å². The molecule has 1 heterocycles. The maximum Gasteiger partial charge on any atom is 0.282 e. The molecule has 2 N–H and O–H groups in total. The SMILES string of the molecule is CCCCc1nc2ccc(Br)cc2c(=O)n1N=Cc1ccc(N(C)C)cc1OCC(N)=O. The molecule has 32 heavy (non-hydrogen) atoms. The Labute approximate surface area is 194 Å². The van der Waals surface area contributed by atoms with Crippen LogP contribution in [0.3, 0.4) is 0 Å². The Kier molecular flexibility index (Phi) is 7.63. The van der Waals surface area contributed by atoms with Crippen LogP contribution in [0.15, 0.2) is 50.8 Å². The van der Waals surface area contributed by atoms with Gasteiger partial charge in [-0.3, -0.25) is 9.59 Å². The van der Waals surface area contributed by atoms with Gasteiger partial charge in [-0.05, 0) is 36.8 Å². The molecule has 0 radical (unpaired) electrons. The van der Waals surface area contributed by atoms with Crippen LogP contribution in [0.2, 0.25) is 0 Å². The molecule has 0 bridgehead atoms. The molecule has 0 atom stereocenters. The summed E-state index contributed by atoms with van der Waals surface area (Å²) in [5.74, 6) is 0.455. The van der Waals surface area contributed by atoms with E-state index in [1.807, 2.05) is 43.3 Å². The van der Waals surface area contributed by atoms with Crippen molar-refractivity contribution < 1.29 is 9.53 Å². The van der Waals surface area contributed by atoms with E-state index in [-0.39, 0.29) is 12.2 Å². The lowest BCUT2D eigenvalue weighted by Gasteiger charge is -2.15. The molecule has 1 aromatic heterocycles. The average Bonchev–Trinajstić information content (AvgIpc) is 2.76. The topological polar surface area (TPSA) is 103 Å². The molecule has 0 spiro atoms. The van der Waals surface area contributed by atoms with E-state index in [4.69, 9.17) is 10.5 Å². The molecule has 0 aliphatic rings. The van der Waals surface area contributed by atoms with Crippen molar-refractivity contribution in [2.75, 3.05) is 25.6 Å². The summed E-state index contributed by atoms with van der Waals surface area (Å²) < 4.78 is 7.72. The van der Waals surface area contributed by atoms with Gasteiger partial charge in [0.25, 0.3) is 11.5 Å². The van der Waals surface area contributed by atoms with Crippen LogP contribution in [0.4, 0.5) is 5.69 Å². The number of nitrogens with two attached hydrogens (primary N) is 1. The summed E-state index contributed by atoms with van der Waals surface area (Å²) in [5, 5.41) is 4.94. The normalized spacial score (nSPS) is 11.2. The Morgan fingerprint density at radius 2 is 2.06 bits per heavy atom. The van der Waals surface area contributed by atoms with E-state index < -0.39 is 5.91 Å². The summed E-state index contributed by atoms with van der Waals surface area (Å²) in [6.07, 6.45) is 4.02. The average molecular weight is 500 g/mol. The molecule has 0 aliphatic heterocycles. The van der Waals surface area contributed by atoms with E-state index in [9.17, 15) is 9.59 Å². The van der Waals surface area contributed by atoms with Gasteiger partial charge in [0.1, 0.15) is 11.6 Å². The minimum Gasteiger partial charge on any atom is -0.483 e. The number of anilines is 1. The molecular weight excluding hydrogens is 474 g/mol. The Morgan fingerprint density at radius 1 is 1.28 bits per heavy atom. The Balaban J connectivity index is 2.09. The van der Waals surface area contributed by atoms with Crippen LogP contribution in [-0.4, -0.2) is 42.5 Å². The Hall–Kier alpha value is -3.20. The maximum absolute atomic E-state index is 13.2. The lowest BCUT2D eigenvalue weighted by Crippen LogP contribution is -2.23. The number of carbonyl (C=O) groups excluding carboxylic acids is 1. The molecule has 2 aromatic carbocycles. The number of benzene rings is 2. The van der Waals surface area contributed by atoms with Crippen LogP contribution in [0.5, 0.6) is 5.75 Å². The number of fused-ring (bicyclic) bond motifs is 1. The summed E-state index contributed by atoms with van der Waals surface area (Å²) in [4.78, 5) is 31.0. The number of halogens is 1. The second-order valence-electron chi connectivity index (χ2n) is 7.53. The summed E-state index contributed by atoms with van der Waals surface area (Å²) in [6.45, 7) is 1.82. The number of amides is 1. The first-order chi connectivity index (χ1) is 15.3. The van der Waals surface area contributed by atoms with Gasteiger partial charge >= 0.3 is 0 Å². The largest absolute Gasteiger partial charge is 0.483 e. The highest BCUT2D eigenvalue weighted by molar-refractivity contribution is 9.10. The number of hydrogen-bond donors (Lipinski definition) is 1. The number of rotatable bonds is 9. The lowest BCUT2D eigenvalue weighted by molar-refractivity contribution is -0.119. The predicted molar refractivity (Wildman–Crippen MR) is 131 cm³/mol. The number of carbonyl (C=O) groups is 1. The zero-order chi connectivity index (χ0) is 23.3. The van der Waals surface area contributed by atoms with Gasteiger partial charge in [0, 0.05) is 42.3 Å². The fourth-order valence-corrected chi connectivity index (χ4v) is 3.47. The van der Waals surface area contributed by atoms with Crippen LogP contribution in [-0.2, 0) is 11.2 Å². The summed E-state index contributed by atoms with van der Waals surface area (Å²) in [6, 6.07) is 10.9. The highest BCUT2D eigenvalue weighted by Crippen LogP contribution is 2.24. The zero-order valence-corrected chi connectivity index (χ0v) is 19.9. The molecule has 8 nitrogen and oxygen atoms in total. The second kappa shape index (κ2) is 10.4. The predicted octanol–water partition coefficient (Wildman–Crippen LogP) is 3.31. The van der Waals surface area contributed by atoms with Gasteiger partial charge < -0.3 is 15.4 Å². The van der Waals surface area contributed by atoms with E-state index in [0.29, 0.717) is 34.5 Å². The highest BCUT2D eigenvalue weighted by atomic mass is 79.9. The molecule has 0 fully saturated rings. The molecule has 0 aliphatic carbocycles. The first-order valence-electron chi connectivity index (χ1n) is 10.3. The van der Waals surface area contributed by atoms with Gasteiger partial charge in [0.05, 0.1) is 17.1 Å². The third-order valence-electron chi connectivity index (χ3n) is 4.83. The van der Waals surface area contributed by atoms with Crippen molar-refractivity contribution in [1.82, 2.24) is 9.66 Å². The molecule has 168 valence electrons. The monoisotopic (exact) mass is 499 g/mol. The van der Waals surface area contributed by atoms with E-state index in [1.165, 1.54) is 10.9 Å². The maximum atomic E-state index is 13.2. The van der Waals surface area contributed by atoms with Crippen molar-refractivity contribution >= 4 is 44.6 Å². The second-order valence-corrected chi connectivity index (χ2v) is 8.44. The van der Waals surface area contributed by atoms with Crippen molar-refractivity contribution in [1.29, 1.82) is 0 Å². The molecular formula is C23H26BrN5O3. The molecule has 1 amide bonds. The first-order valence-corrected chi connectivity index (χ1v) is 11.1. The minimum absolute atomic E-state index is 0.247. The Morgan fingerprint density at radius 3 is 2.75 bits per heavy atom. The summed E-state index contributed by atoms with van der Waals surface area (Å²) in [7, 11) is 3.80. The van der Waals surface area contributed by atoms with Gasteiger partial charge in [0.2, 0.25) is 0 Å². The smallest absolute Gasteiger partial charge is 0.282 e. The molecule has 0 saturated carbocycles. The van der Waals surface area contributed by atoms with Crippen LogP contribution in [0.1, 0.15) is 31.2 Å². The van der Waals surface area contributed by atoms with Crippen molar-refractivity contribution in [2.45, 2.75) is 26.2 Å². The van der Waals surface area contributed by atoms with Crippen molar-refractivity contribution in [2.24, 2.45) is 10.8 Å². The number of ether oxygens (including phenoxy) is 1. The van der Waals surface area contributed by atoms with Gasteiger partial charge in [-0.15, -0.1) is 0 Å². The van der Waals surface area contributed by atoms with Crippen LogP contribution in [0.25, 0.3) is 10.9 Å². The van der Waals surface area contributed by atoms with E-state index in [2.05, 4.69) is 32.9 Å². The highest BCUT2D eigenvalue weighted by Gasteiger charge is 2.12. The quantitative estimate of drug-likeness (QED) is 0.454. The fraction of sp³-hybridized carbons (Fsp3) is 0.304. The molecule has 3 rings (SSSR count). The number of hydrogen-bond acceptors (Lipinski definition) is 6. The molecule has 3 aromatic rings.